The van der Waals surface area contributed by atoms with Gasteiger partial charge in [-0.25, -0.2) is 14.1 Å². The minimum absolute atomic E-state index is 0.0201. The zero-order chi connectivity index (χ0) is 16.1. The molecule has 1 aromatic carbocycles. The lowest BCUT2D eigenvalue weighted by molar-refractivity contribution is -0.122. The molecule has 0 saturated carbocycles. The van der Waals surface area contributed by atoms with Crippen molar-refractivity contribution in [3.63, 3.8) is 0 Å². The third kappa shape index (κ3) is 3.88. The van der Waals surface area contributed by atoms with E-state index in [1.54, 1.807) is 18.2 Å². The van der Waals surface area contributed by atoms with Gasteiger partial charge < -0.3 is 5.32 Å². The molecule has 0 aliphatic carbocycles. The first-order valence-corrected chi connectivity index (χ1v) is 6.84. The summed E-state index contributed by atoms with van der Waals surface area (Å²) in [5, 5.41) is 15.4. The van der Waals surface area contributed by atoms with Gasteiger partial charge in [-0.05, 0) is 23.6 Å². The van der Waals surface area contributed by atoms with E-state index >= 15 is 0 Å². The van der Waals surface area contributed by atoms with Crippen LogP contribution in [0.15, 0.2) is 30.6 Å². The highest BCUT2D eigenvalue weighted by Gasteiger charge is 2.18. The van der Waals surface area contributed by atoms with Crippen LogP contribution in [0.2, 0.25) is 0 Å². The Balaban J connectivity index is 2.06. The van der Waals surface area contributed by atoms with Crippen molar-refractivity contribution in [3.05, 3.63) is 47.8 Å². The van der Waals surface area contributed by atoms with Crippen LogP contribution < -0.4 is 5.32 Å². The molecule has 22 heavy (non-hydrogen) atoms. The second-order valence-corrected chi connectivity index (χ2v) is 5.22. The van der Waals surface area contributed by atoms with Crippen LogP contribution in [0.4, 0.5) is 4.39 Å². The van der Waals surface area contributed by atoms with Crippen LogP contribution in [0.5, 0.6) is 0 Å². The second kappa shape index (κ2) is 6.80. The molecule has 2 rings (SSSR count). The minimum atomic E-state index is -0.316. The number of nitriles is 1. The predicted molar refractivity (Wildman–Crippen MR) is 76.9 cm³/mol. The van der Waals surface area contributed by atoms with Crippen LogP contribution >= 0.6 is 0 Å². The zero-order valence-electron chi connectivity index (χ0n) is 12.3. The average Bonchev–Trinajstić information content (AvgIpc) is 2.93. The number of nitrogens with one attached hydrogen (secondary N) is 1. The highest BCUT2D eigenvalue weighted by Crippen LogP contribution is 2.21. The molecular weight excluding hydrogens is 285 g/mol. The van der Waals surface area contributed by atoms with Gasteiger partial charge in [-0.15, -0.1) is 5.10 Å². The summed E-state index contributed by atoms with van der Waals surface area (Å²) >= 11 is 0. The van der Waals surface area contributed by atoms with Crippen LogP contribution in [0, 0.1) is 23.1 Å². The van der Waals surface area contributed by atoms with Crippen LogP contribution in [-0.2, 0) is 11.3 Å². The molecule has 1 atom stereocenters. The topological polar surface area (TPSA) is 83.6 Å². The van der Waals surface area contributed by atoms with Crippen LogP contribution in [0.25, 0.3) is 0 Å². The minimum Gasteiger partial charge on any atom is -0.347 e. The first-order valence-electron chi connectivity index (χ1n) is 6.84. The van der Waals surface area contributed by atoms with Crippen LogP contribution in [0.1, 0.15) is 31.3 Å². The van der Waals surface area contributed by atoms with Gasteiger partial charge in [-0.2, -0.15) is 5.26 Å². The summed E-state index contributed by atoms with van der Waals surface area (Å²) in [7, 11) is 0. The molecule has 0 aliphatic heterocycles. The molecule has 6 nitrogen and oxygen atoms in total. The number of hydrogen-bond donors (Lipinski definition) is 1. The molecule has 1 N–H and O–H groups in total. The van der Waals surface area contributed by atoms with Crippen molar-refractivity contribution in [3.8, 4) is 6.07 Å². The number of rotatable bonds is 5. The normalized spacial score (nSPS) is 12.0. The van der Waals surface area contributed by atoms with E-state index in [0.717, 1.165) is 5.56 Å². The van der Waals surface area contributed by atoms with E-state index in [-0.39, 0.29) is 36.1 Å². The Labute approximate surface area is 127 Å². The molecule has 0 radical (unpaired) electrons. The number of benzene rings is 1. The van der Waals surface area contributed by atoms with Gasteiger partial charge in [0.1, 0.15) is 24.8 Å². The summed E-state index contributed by atoms with van der Waals surface area (Å²) in [6.07, 6.45) is 1.33. The maximum absolute atomic E-state index is 13.0. The Bertz CT molecular complexity index is 687. The lowest BCUT2D eigenvalue weighted by atomic mass is 9.96. The molecule has 1 amide bonds. The van der Waals surface area contributed by atoms with Crippen LogP contribution in [0.3, 0.4) is 0 Å². The van der Waals surface area contributed by atoms with Gasteiger partial charge in [-0.1, -0.05) is 26.0 Å². The number of carbonyl (C=O) groups excluding carboxylic acids is 1. The van der Waals surface area contributed by atoms with Gasteiger partial charge in [0.25, 0.3) is 5.82 Å². The fraction of sp³-hybridized carbons (Fsp3) is 0.333. The Morgan fingerprint density at radius 3 is 2.64 bits per heavy atom. The first kappa shape index (κ1) is 15.6. The molecule has 1 heterocycles. The summed E-state index contributed by atoms with van der Waals surface area (Å²) in [6.45, 7) is 3.91. The van der Waals surface area contributed by atoms with Crippen molar-refractivity contribution in [1.29, 1.82) is 5.26 Å². The number of aromatic nitrogens is 3. The van der Waals surface area contributed by atoms with E-state index in [0.29, 0.717) is 0 Å². The predicted octanol–water partition coefficient (Wildman–Crippen LogP) is 1.80. The maximum Gasteiger partial charge on any atom is 0.252 e. The van der Waals surface area contributed by atoms with E-state index < -0.39 is 0 Å². The molecular formula is C15H16FN5O. The molecule has 7 heteroatoms. The molecule has 0 spiro atoms. The van der Waals surface area contributed by atoms with E-state index in [2.05, 4.69) is 15.4 Å². The van der Waals surface area contributed by atoms with Crippen molar-refractivity contribution in [2.45, 2.75) is 26.4 Å². The SMILES string of the molecule is CC(C)C(NC(=O)Cn1cnc(C#N)n1)c1ccc(F)cc1. The third-order valence-corrected chi connectivity index (χ3v) is 3.15. The van der Waals surface area contributed by atoms with Gasteiger partial charge in [0, 0.05) is 0 Å². The Morgan fingerprint density at radius 2 is 2.09 bits per heavy atom. The molecule has 1 unspecified atom stereocenters. The molecule has 0 fully saturated rings. The number of amides is 1. The standard InChI is InChI=1S/C15H16FN5O/c1-10(2)15(11-3-5-12(16)6-4-11)19-14(22)8-21-9-18-13(7-17)20-21/h3-6,9-10,15H,8H2,1-2H3,(H,19,22). The Hall–Kier alpha value is -2.75. The fourth-order valence-corrected chi connectivity index (χ4v) is 2.09. The Kier molecular flexibility index (Phi) is 4.84. The van der Waals surface area contributed by atoms with Crippen molar-refractivity contribution in [2.24, 2.45) is 5.92 Å². The Morgan fingerprint density at radius 1 is 1.41 bits per heavy atom. The first-order chi connectivity index (χ1) is 10.5. The van der Waals surface area contributed by atoms with Gasteiger partial charge >= 0.3 is 0 Å². The van der Waals surface area contributed by atoms with Crippen molar-refractivity contribution in [1.82, 2.24) is 20.1 Å². The van der Waals surface area contributed by atoms with Gasteiger partial charge in [0.05, 0.1) is 6.04 Å². The monoisotopic (exact) mass is 301 g/mol. The van der Waals surface area contributed by atoms with E-state index in [9.17, 15) is 9.18 Å². The number of hydrogen-bond acceptors (Lipinski definition) is 4. The summed E-state index contributed by atoms with van der Waals surface area (Å²) in [5.74, 6) is -0.409. The fourth-order valence-electron chi connectivity index (χ4n) is 2.09. The summed E-state index contributed by atoms with van der Waals surface area (Å²) in [6, 6.07) is 7.62. The highest BCUT2D eigenvalue weighted by atomic mass is 19.1. The number of halogens is 1. The summed E-state index contributed by atoms with van der Waals surface area (Å²) in [4.78, 5) is 15.8. The molecule has 0 bridgehead atoms. The van der Waals surface area contributed by atoms with Crippen LogP contribution in [-0.4, -0.2) is 20.7 Å². The van der Waals surface area contributed by atoms with Gasteiger partial charge in [0.15, 0.2) is 0 Å². The summed E-state index contributed by atoms with van der Waals surface area (Å²) < 4.78 is 14.3. The average molecular weight is 301 g/mol. The molecule has 2 aromatic rings. The van der Waals surface area contributed by atoms with Gasteiger partial charge in [-0.3, -0.25) is 4.79 Å². The second-order valence-electron chi connectivity index (χ2n) is 5.22. The molecule has 0 saturated heterocycles. The maximum atomic E-state index is 13.0. The number of carbonyl (C=O) groups is 1. The van der Waals surface area contributed by atoms with Crippen molar-refractivity contribution in [2.75, 3.05) is 0 Å². The lowest BCUT2D eigenvalue weighted by Gasteiger charge is -2.23. The highest BCUT2D eigenvalue weighted by molar-refractivity contribution is 5.76. The number of nitrogens with zero attached hydrogens (tertiary/aromatic N) is 4. The van der Waals surface area contributed by atoms with Crippen molar-refractivity contribution < 1.29 is 9.18 Å². The largest absolute Gasteiger partial charge is 0.347 e. The molecule has 0 aliphatic rings. The van der Waals surface area contributed by atoms with E-state index in [1.807, 2.05) is 13.8 Å². The lowest BCUT2D eigenvalue weighted by Crippen LogP contribution is -2.34. The van der Waals surface area contributed by atoms with Crippen molar-refractivity contribution >= 4 is 5.91 Å². The van der Waals surface area contributed by atoms with E-state index in [4.69, 9.17) is 5.26 Å². The quantitative estimate of drug-likeness (QED) is 0.912. The smallest absolute Gasteiger partial charge is 0.252 e. The third-order valence-electron chi connectivity index (χ3n) is 3.15. The van der Waals surface area contributed by atoms with E-state index in [1.165, 1.54) is 23.1 Å². The molecule has 114 valence electrons. The molecule has 1 aromatic heterocycles. The zero-order valence-corrected chi connectivity index (χ0v) is 12.3. The summed E-state index contributed by atoms with van der Waals surface area (Å²) in [5.41, 5.74) is 0.834. The van der Waals surface area contributed by atoms with Gasteiger partial charge in [0.2, 0.25) is 5.91 Å².